The Balaban J connectivity index is 1.96. The zero-order valence-electron chi connectivity index (χ0n) is 12.1. The number of piperidine rings is 1. The lowest BCUT2D eigenvalue weighted by Crippen LogP contribution is -2.60. The minimum Gasteiger partial charge on any atom is -0.307 e. The summed E-state index contributed by atoms with van der Waals surface area (Å²) >= 11 is 0. The second-order valence-corrected chi connectivity index (χ2v) is 6.56. The largest absolute Gasteiger partial charge is 0.307 e. The number of Topliss-reactive ketones (excluding diaryl/α,β-unsaturated/α-hetero) is 1. The molecule has 2 heteroatoms. The van der Waals surface area contributed by atoms with Gasteiger partial charge in [-0.2, -0.15) is 0 Å². The predicted molar refractivity (Wildman–Crippen MR) is 75.7 cm³/mol. The second-order valence-electron chi connectivity index (χ2n) is 6.56. The highest BCUT2D eigenvalue weighted by Crippen LogP contribution is 2.39. The lowest BCUT2D eigenvalue weighted by atomic mass is 9.68. The van der Waals surface area contributed by atoms with E-state index in [1.54, 1.807) is 0 Å². The van der Waals surface area contributed by atoms with Crippen LogP contribution in [0.4, 0.5) is 0 Å². The molecule has 1 aliphatic heterocycles. The average molecular weight is 251 g/mol. The summed E-state index contributed by atoms with van der Waals surface area (Å²) in [5.74, 6) is 1.17. The molecule has 1 saturated heterocycles. The van der Waals surface area contributed by atoms with E-state index in [4.69, 9.17) is 0 Å². The highest BCUT2D eigenvalue weighted by molar-refractivity contribution is 5.81. The summed E-state index contributed by atoms with van der Waals surface area (Å²) in [6, 6.07) is 0.457. The fraction of sp³-hybridized carbons (Fsp3) is 0.938. The van der Waals surface area contributed by atoms with E-state index in [2.05, 4.69) is 19.2 Å². The SMILES string of the molecule is CCCCC[C@H]1CC(=O)C[C@]2(CCCC[C@H]2C)N1. The van der Waals surface area contributed by atoms with Gasteiger partial charge in [-0.25, -0.2) is 0 Å². The molecule has 0 aromatic carbocycles. The Kier molecular flexibility index (Phi) is 4.83. The first-order valence-corrected chi connectivity index (χ1v) is 7.95. The number of nitrogens with one attached hydrogen (secondary N) is 1. The van der Waals surface area contributed by atoms with Crippen LogP contribution in [0.5, 0.6) is 0 Å². The zero-order chi connectivity index (χ0) is 13.0. The molecule has 0 aromatic heterocycles. The van der Waals surface area contributed by atoms with Crippen LogP contribution in [0.15, 0.2) is 0 Å². The normalized spacial score (nSPS) is 37.1. The van der Waals surface area contributed by atoms with Gasteiger partial charge in [0.25, 0.3) is 0 Å². The third kappa shape index (κ3) is 3.14. The van der Waals surface area contributed by atoms with Crippen molar-refractivity contribution in [1.82, 2.24) is 5.32 Å². The second kappa shape index (κ2) is 6.18. The van der Waals surface area contributed by atoms with Gasteiger partial charge in [-0.3, -0.25) is 4.79 Å². The molecule has 1 spiro atoms. The molecule has 0 radical (unpaired) electrons. The zero-order valence-corrected chi connectivity index (χ0v) is 12.1. The highest BCUT2D eigenvalue weighted by atomic mass is 16.1. The smallest absolute Gasteiger partial charge is 0.136 e. The lowest BCUT2D eigenvalue weighted by Gasteiger charge is -2.48. The molecule has 2 fully saturated rings. The van der Waals surface area contributed by atoms with Crippen molar-refractivity contribution in [2.24, 2.45) is 5.92 Å². The van der Waals surface area contributed by atoms with Gasteiger partial charge in [0.2, 0.25) is 0 Å². The van der Waals surface area contributed by atoms with Gasteiger partial charge in [-0.05, 0) is 25.2 Å². The first-order valence-electron chi connectivity index (χ1n) is 7.95. The van der Waals surface area contributed by atoms with Gasteiger partial charge in [-0.15, -0.1) is 0 Å². The average Bonchev–Trinajstić information content (AvgIpc) is 2.33. The monoisotopic (exact) mass is 251 g/mol. The summed E-state index contributed by atoms with van der Waals surface area (Å²) in [5.41, 5.74) is 0.157. The number of hydrogen-bond acceptors (Lipinski definition) is 2. The molecule has 18 heavy (non-hydrogen) atoms. The molecule has 104 valence electrons. The van der Waals surface area contributed by atoms with Crippen LogP contribution in [0.1, 0.15) is 78.1 Å². The van der Waals surface area contributed by atoms with Gasteiger partial charge in [0.1, 0.15) is 5.78 Å². The van der Waals surface area contributed by atoms with Crippen LogP contribution in [0.2, 0.25) is 0 Å². The maximum absolute atomic E-state index is 12.1. The fourth-order valence-corrected chi connectivity index (χ4v) is 3.91. The number of hydrogen-bond donors (Lipinski definition) is 1. The van der Waals surface area contributed by atoms with Crippen LogP contribution in [0.3, 0.4) is 0 Å². The van der Waals surface area contributed by atoms with E-state index in [0.717, 1.165) is 12.8 Å². The Hall–Kier alpha value is -0.370. The van der Waals surface area contributed by atoms with Crippen molar-refractivity contribution >= 4 is 5.78 Å². The molecule has 0 aromatic rings. The van der Waals surface area contributed by atoms with Crippen LogP contribution in [-0.4, -0.2) is 17.4 Å². The number of ketones is 1. The first kappa shape index (κ1) is 14.0. The lowest BCUT2D eigenvalue weighted by molar-refractivity contribution is -0.125. The molecule has 1 N–H and O–H groups in total. The van der Waals surface area contributed by atoms with E-state index in [0.29, 0.717) is 17.7 Å². The van der Waals surface area contributed by atoms with E-state index in [1.807, 2.05) is 0 Å². The number of unbranched alkanes of at least 4 members (excludes halogenated alkanes) is 2. The Bertz CT molecular complexity index is 289. The van der Waals surface area contributed by atoms with Crippen molar-refractivity contribution in [2.45, 2.75) is 89.6 Å². The van der Waals surface area contributed by atoms with Crippen LogP contribution in [-0.2, 0) is 4.79 Å². The molecule has 0 amide bonds. The van der Waals surface area contributed by atoms with Crippen molar-refractivity contribution in [3.8, 4) is 0 Å². The standard InChI is InChI=1S/C16H29NO/c1-3-4-5-9-14-11-15(18)12-16(17-14)10-7-6-8-13(16)2/h13-14,17H,3-12H2,1-2H3/t13-,14+,16+/m1/s1. The summed E-state index contributed by atoms with van der Waals surface area (Å²) < 4.78 is 0. The predicted octanol–water partition coefficient (Wildman–Crippen LogP) is 3.84. The van der Waals surface area contributed by atoms with Gasteiger partial charge in [0.05, 0.1) is 0 Å². The minimum absolute atomic E-state index is 0.157. The molecular weight excluding hydrogens is 222 g/mol. The highest BCUT2D eigenvalue weighted by Gasteiger charge is 2.44. The maximum Gasteiger partial charge on any atom is 0.136 e. The van der Waals surface area contributed by atoms with Crippen molar-refractivity contribution in [3.63, 3.8) is 0 Å². The van der Waals surface area contributed by atoms with E-state index < -0.39 is 0 Å². The van der Waals surface area contributed by atoms with Gasteiger partial charge in [-0.1, -0.05) is 46.0 Å². The Morgan fingerprint density at radius 1 is 1.33 bits per heavy atom. The third-order valence-corrected chi connectivity index (χ3v) is 5.09. The van der Waals surface area contributed by atoms with Crippen molar-refractivity contribution in [2.75, 3.05) is 0 Å². The summed E-state index contributed by atoms with van der Waals surface area (Å²) in [6.45, 7) is 4.58. The van der Waals surface area contributed by atoms with E-state index in [-0.39, 0.29) is 5.54 Å². The van der Waals surface area contributed by atoms with E-state index in [9.17, 15) is 4.79 Å². The molecule has 1 aliphatic carbocycles. The van der Waals surface area contributed by atoms with Gasteiger partial charge in [0, 0.05) is 24.4 Å². The topological polar surface area (TPSA) is 29.1 Å². The molecule has 2 nitrogen and oxygen atoms in total. The van der Waals surface area contributed by atoms with Crippen molar-refractivity contribution in [3.05, 3.63) is 0 Å². The van der Waals surface area contributed by atoms with E-state index in [1.165, 1.54) is 51.4 Å². The summed E-state index contributed by atoms with van der Waals surface area (Å²) in [5, 5.41) is 3.89. The molecule has 2 aliphatic rings. The van der Waals surface area contributed by atoms with E-state index >= 15 is 0 Å². The number of carbonyl (C=O) groups is 1. The quantitative estimate of drug-likeness (QED) is 0.769. The summed E-state index contributed by atoms with van der Waals surface area (Å²) in [6.07, 6.45) is 11.7. The Morgan fingerprint density at radius 3 is 2.89 bits per heavy atom. The Morgan fingerprint density at radius 2 is 2.17 bits per heavy atom. The van der Waals surface area contributed by atoms with Gasteiger partial charge < -0.3 is 5.32 Å². The van der Waals surface area contributed by atoms with Crippen LogP contribution >= 0.6 is 0 Å². The molecular formula is C16H29NO. The molecule has 0 unspecified atom stereocenters. The van der Waals surface area contributed by atoms with Crippen LogP contribution in [0, 0.1) is 5.92 Å². The molecule has 2 rings (SSSR count). The number of carbonyl (C=O) groups excluding carboxylic acids is 1. The number of rotatable bonds is 4. The summed E-state index contributed by atoms with van der Waals surface area (Å²) in [7, 11) is 0. The van der Waals surface area contributed by atoms with Crippen molar-refractivity contribution < 1.29 is 4.79 Å². The molecule has 3 atom stereocenters. The first-order chi connectivity index (χ1) is 8.66. The maximum atomic E-state index is 12.1. The fourth-order valence-electron chi connectivity index (χ4n) is 3.91. The van der Waals surface area contributed by atoms with Gasteiger partial charge >= 0.3 is 0 Å². The van der Waals surface area contributed by atoms with Crippen molar-refractivity contribution in [1.29, 1.82) is 0 Å². The molecule has 1 saturated carbocycles. The third-order valence-electron chi connectivity index (χ3n) is 5.09. The van der Waals surface area contributed by atoms with Crippen LogP contribution < -0.4 is 5.32 Å². The van der Waals surface area contributed by atoms with Crippen LogP contribution in [0.25, 0.3) is 0 Å². The molecule has 0 bridgehead atoms. The molecule has 1 heterocycles. The Labute approximate surface area is 112 Å². The summed E-state index contributed by atoms with van der Waals surface area (Å²) in [4.78, 5) is 12.1. The minimum atomic E-state index is 0.157. The van der Waals surface area contributed by atoms with Gasteiger partial charge in [0.15, 0.2) is 0 Å².